The second-order valence-electron chi connectivity index (χ2n) is 11.4. The molecule has 7 rings (SSSR count). The van der Waals surface area contributed by atoms with Crippen LogP contribution in [0.2, 0.25) is 0 Å². The Morgan fingerprint density at radius 2 is 1.37 bits per heavy atom. The van der Waals surface area contributed by atoms with Gasteiger partial charge in [0.1, 0.15) is 12.6 Å². The molecule has 0 radical (unpaired) electrons. The van der Waals surface area contributed by atoms with E-state index in [1.807, 2.05) is 60.7 Å². The topological polar surface area (TPSA) is 58.6 Å². The van der Waals surface area contributed by atoms with Crippen molar-refractivity contribution in [2.45, 2.75) is 56.1 Å². The summed E-state index contributed by atoms with van der Waals surface area (Å²) < 4.78 is 6.11. The molecule has 1 fully saturated rings. The van der Waals surface area contributed by atoms with Crippen LogP contribution in [0.5, 0.6) is 0 Å². The van der Waals surface area contributed by atoms with Gasteiger partial charge in [0.05, 0.1) is 12.1 Å². The Labute approximate surface area is 241 Å². The Kier molecular flexibility index (Phi) is 6.79. The quantitative estimate of drug-likeness (QED) is 0.287. The average molecular weight is 543 g/mol. The first-order valence-electron chi connectivity index (χ1n) is 14.8. The van der Waals surface area contributed by atoms with Gasteiger partial charge in [0.15, 0.2) is 0 Å². The minimum Gasteiger partial charge on any atom is -0.448 e. The number of fused-ring (bicyclic) bond motifs is 4. The maximum Gasteiger partial charge on any atom is 0.411 e. The normalized spacial score (nSPS) is 21.1. The summed E-state index contributed by atoms with van der Waals surface area (Å²) in [6.45, 7) is 0.231. The fraction of sp³-hybridized carbons (Fsp3) is 0.278. The highest BCUT2D eigenvalue weighted by atomic mass is 16.6. The number of hydrogen-bond donors (Lipinski definition) is 1. The Morgan fingerprint density at radius 1 is 0.732 bits per heavy atom. The summed E-state index contributed by atoms with van der Waals surface area (Å²) in [5, 5.41) is 3.31. The van der Waals surface area contributed by atoms with E-state index in [0.29, 0.717) is 12.8 Å². The van der Waals surface area contributed by atoms with Crippen LogP contribution in [0.25, 0.3) is 11.1 Å². The van der Waals surface area contributed by atoms with E-state index in [2.05, 4.69) is 47.8 Å². The van der Waals surface area contributed by atoms with Crippen LogP contribution in [0.15, 0.2) is 103 Å². The molecule has 1 heterocycles. The second kappa shape index (κ2) is 10.9. The van der Waals surface area contributed by atoms with Crippen LogP contribution in [0.3, 0.4) is 0 Å². The van der Waals surface area contributed by atoms with Crippen LogP contribution in [0, 0.1) is 0 Å². The van der Waals surface area contributed by atoms with E-state index >= 15 is 0 Å². The van der Waals surface area contributed by atoms with Gasteiger partial charge in [0.25, 0.3) is 0 Å². The Hall–Kier alpha value is -4.38. The molecule has 4 aromatic carbocycles. The van der Waals surface area contributed by atoms with Crippen molar-refractivity contribution in [2.75, 3.05) is 6.61 Å². The van der Waals surface area contributed by atoms with E-state index in [-0.39, 0.29) is 30.5 Å². The van der Waals surface area contributed by atoms with Gasteiger partial charge in [0, 0.05) is 5.92 Å². The van der Waals surface area contributed by atoms with E-state index in [1.165, 1.54) is 33.4 Å². The third-order valence-corrected chi connectivity index (χ3v) is 9.10. The third-order valence-electron chi connectivity index (χ3n) is 9.10. The summed E-state index contributed by atoms with van der Waals surface area (Å²) in [6.07, 6.45) is 3.87. The minimum absolute atomic E-state index is 0.0323. The maximum absolute atomic E-state index is 13.9. The Morgan fingerprint density at radius 3 is 2.10 bits per heavy atom. The molecule has 0 bridgehead atoms. The molecule has 1 saturated heterocycles. The highest BCUT2D eigenvalue weighted by Crippen LogP contribution is 2.45. The summed E-state index contributed by atoms with van der Waals surface area (Å²) in [4.78, 5) is 29.5. The third kappa shape index (κ3) is 4.69. The van der Waals surface area contributed by atoms with Crippen molar-refractivity contribution < 1.29 is 14.3 Å². The number of nitrogens with zero attached hydrogens (tertiary/aromatic N) is 1. The number of likely N-dealkylation sites (tertiary alicyclic amines) is 1. The summed E-state index contributed by atoms with van der Waals surface area (Å²) >= 11 is 0. The average Bonchev–Trinajstić information content (AvgIpc) is 3.61. The molecule has 0 spiro atoms. The van der Waals surface area contributed by atoms with Crippen LogP contribution in [-0.2, 0) is 16.0 Å². The van der Waals surface area contributed by atoms with Gasteiger partial charge in [-0.05, 0) is 71.0 Å². The van der Waals surface area contributed by atoms with Crippen LogP contribution in [0.4, 0.5) is 4.79 Å². The Bertz CT molecular complexity index is 1540. The number of aryl methyl sites for hydroxylation is 1. The summed E-state index contributed by atoms with van der Waals surface area (Å²) in [6, 6.07) is 34.2. The van der Waals surface area contributed by atoms with Gasteiger partial charge in [-0.1, -0.05) is 103 Å². The monoisotopic (exact) mass is 542 g/mol. The number of amides is 2. The lowest BCUT2D eigenvalue weighted by molar-refractivity contribution is -0.126. The second-order valence-corrected chi connectivity index (χ2v) is 11.4. The largest absolute Gasteiger partial charge is 0.448 e. The van der Waals surface area contributed by atoms with Gasteiger partial charge in [-0.25, -0.2) is 4.79 Å². The van der Waals surface area contributed by atoms with Gasteiger partial charge < -0.3 is 10.1 Å². The van der Waals surface area contributed by atoms with Crippen LogP contribution in [-0.4, -0.2) is 29.5 Å². The lowest BCUT2D eigenvalue weighted by atomic mass is 9.87. The van der Waals surface area contributed by atoms with E-state index < -0.39 is 12.1 Å². The van der Waals surface area contributed by atoms with Crippen molar-refractivity contribution in [3.8, 4) is 11.1 Å². The van der Waals surface area contributed by atoms with Gasteiger partial charge in [-0.3, -0.25) is 9.69 Å². The van der Waals surface area contributed by atoms with Gasteiger partial charge >= 0.3 is 6.09 Å². The lowest BCUT2D eigenvalue weighted by Gasteiger charge is -2.32. The molecule has 3 unspecified atom stereocenters. The van der Waals surface area contributed by atoms with Crippen LogP contribution >= 0.6 is 0 Å². The molecule has 1 aliphatic heterocycles. The first-order chi connectivity index (χ1) is 20.2. The zero-order chi connectivity index (χ0) is 27.8. The molecular formula is C36H34N2O3. The highest BCUT2D eigenvalue weighted by Gasteiger charge is 2.43. The minimum atomic E-state index is -0.579. The van der Waals surface area contributed by atoms with Crippen molar-refractivity contribution in [1.82, 2.24) is 10.2 Å². The zero-order valence-electron chi connectivity index (χ0n) is 23.0. The molecule has 2 aliphatic carbocycles. The lowest BCUT2D eigenvalue weighted by Crippen LogP contribution is -2.48. The van der Waals surface area contributed by atoms with Crippen molar-refractivity contribution >= 4 is 12.0 Å². The molecule has 1 N–H and O–H groups in total. The molecule has 206 valence electrons. The smallest absolute Gasteiger partial charge is 0.411 e. The number of rotatable bonds is 5. The van der Waals surface area contributed by atoms with Gasteiger partial charge in [0.2, 0.25) is 5.91 Å². The van der Waals surface area contributed by atoms with Gasteiger partial charge in [-0.2, -0.15) is 0 Å². The summed E-state index contributed by atoms with van der Waals surface area (Å²) in [5.74, 6) is -0.131. The molecule has 2 amide bonds. The van der Waals surface area contributed by atoms with Crippen molar-refractivity contribution in [1.29, 1.82) is 0 Å². The van der Waals surface area contributed by atoms with Crippen LogP contribution in [0.1, 0.15) is 71.5 Å². The van der Waals surface area contributed by atoms with E-state index in [1.54, 1.807) is 4.90 Å². The maximum atomic E-state index is 13.9. The number of carbonyl (C=O) groups is 2. The summed E-state index contributed by atoms with van der Waals surface area (Å²) in [5.41, 5.74) is 8.25. The van der Waals surface area contributed by atoms with Crippen molar-refractivity contribution in [3.63, 3.8) is 0 Å². The number of nitrogens with one attached hydrogen (secondary N) is 1. The van der Waals surface area contributed by atoms with E-state index in [4.69, 9.17) is 4.74 Å². The molecule has 0 saturated carbocycles. The standard InChI is InChI=1S/C36H34N2O3/c39-35(37-32-20-10-14-24-11-4-5-15-26(24)32)34-22-21-33(25-12-2-1-3-13-25)38(34)36(40)41-23-31-29-18-8-6-16-27(29)28-17-7-9-19-30(28)31/h1-9,11-13,15-19,31-34H,10,14,20-23H2,(H,37,39). The number of ether oxygens (including phenoxy) is 1. The molecule has 0 aromatic heterocycles. The van der Waals surface area contributed by atoms with E-state index in [0.717, 1.165) is 24.8 Å². The molecule has 5 nitrogen and oxygen atoms in total. The SMILES string of the molecule is O=C(NC1CCCc2ccccc21)C1CCC(c2ccccc2)N1C(=O)OCC1c2ccccc2-c2ccccc21. The first kappa shape index (κ1) is 25.6. The fourth-order valence-electron chi connectivity index (χ4n) is 7.17. The molecular weight excluding hydrogens is 508 g/mol. The van der Waals surface area contributed by atoms with Crippen molar-refractivity contribution in [3.05, 3.63) is 131 Å². The Balaban J connectivity index is 1.14. The van der Waals surface area contributed by atoms with Crippen LogP contribution < -0.4 is 5.32 Å². The predicted molar refractivity (Wildman–Crippen MR) is 159 cm³/mol. The van der Waals surface area contributed by atoms with E-state index in [9.17, 15) is 9.59 Å². The molecule has 5 heteroatoms. The predicted octanol–water partition coefficient (Wildman–Crippen LogP) is 7.34. The number of hydrogen-bond acceptors (Lipinski definition) is 3. The summed E-state index contributed by atoms with van der Waals surface area (Å²) in [7, 11) is 0. The number of benzene rings is 4. The molecule has 3 atom stereocenters. The van der Waals surface area contributed by atoms with Crippen molar-refractivity contribution in [2.24, 2.45) is 0 Å². The van der Waals surface area contributed by atoms with Gasteiger partial charge in [-0.15, -0.1) is 0 Å². The molecule has 3 aliphatic rings. The highest BCUT2D eigenvalue weighted by molar-refractivity contribution is 5.87. The zero-order valence-corrected chi connectivity index (χ0v) is 23.0. The molecule has 41 heavy (non-hydrogen) atoms. The fourth-order valence-corrected chi connectivity index (χ4v) is 7.17. The first-order valence-corrected chi connectivity index (χ1v) is 14.8. The number of carbonyl (C=O) groups excluding carboxylic acids is 2. The molecule has 4 aromatic rings.